The Balaban J connectivity index is 1.32. The van der Waals surface area contributed by atoms with Gasteiger partial charge in [0.1, 0.15) is 0 Å². The Labute approximate surface area is 190 Å². The minimum atomic E-state index is -4.36. The number of hydrogen-bond donors (Lipinski definition) is 0. The monoisotopic (exact) mass is 451 g/mol. The van der Waals surface area contributed by atoms with Crippen molar-refractivity contribution in [3.8, 4) is 0 Å². The van der Waals surface area contributed by atoms with Gasteiger partial charge in [0.2, 0.25) is 0 Å². The van der Waals surface area contributed by atoms with Gasteiger partial charge < -0.3 is 9.64 Å². The van der Waals surface area contributed by atoms with Crippen LogP contribution in [0, 0.1) is 5.41 Å². The number of likely N-dealkylation sites (tertiary alicyclic amines) is 2. The van der Waals surface area contributed by atoms with Crippen molar-refractivity contribution in [2.24, 2.45) is 5.41 Å². The summed E-state index contributed by atoms with van der Waals surface area (Å²) < 4.78 is 43.4. The van der Waals surface area contributed by atoms with Crippen LogP contribution in [0.5, 0.6) is 0 Å². The van der Waals surface area contributed by atoms with Crippen LogP contribution in [-0.2, 0) is 24.2 Å². The summed E-state index contributed by atoms with van der Waals surface area (Å²) in [5.41, 5.74) is 4.74. The zero-order valence-corrected chi connectivity index (χ0v) is 19.4. The number of halogens is 3. The second kappa shape index (κ2) is 9.26. The molecule has 4 nitrogen and oxygen atoms in total. The lowest BCUT2D eigenvalue weighted by Gasteiger charge is -2.41. The highest BCUT2D eigenvalue weighted by Crippen LogP contribution is 2.42. The van der Waals surface area contributed by atoms with Gasteiger partial charge in [-0.2, -0.15) is 13.2 Å². The van der Waals surface area contributed by atoms with E-state index in [9.17, 15) is 13.2 Å². The average Bonchev–Trinajstić information content (AvgIpc) is 3.15. The summed E-state index contributed by atoms with van der Waals surface area (Å²) >= 11 is 0. The third-order valence-electron chi connectivity index (χ3n) is 7.76. The molecule has 32 heavy (non-hydrogen) atoms. The van der Waals surface area contributed by atoms with Crippen molar-refractivity contribution in [3.05, 3.63) is 47.4 Å². The van der Waals surface area contributed by atoms with Crippen LogP contribution in [-0.4, -0.2) is 66.2 Å². The maximum absolute atomic E-state index is 12.8. The Bertz CT molecular complexity index is 817. The minimum Gasteiger partial charge on any atom is -0.467 e. The molecule has 0 amide bonds. The molecule has 1 unspecified atom stereocenters. The van der Waals surface area contributed by atoms with Crippen LogP contribution in [0.25, 0.3) is 0 Å². The number of fused-ring (bicyclic) bond motifs is 1. The van der Waals surface area contributed by atoms with E-state index in [0.29, 0.717) is 13.1 Å². The van der Waals surface area contributed by atoms with Crippen molar-refractivity contribution >= 4 is 0 Å². The van der Waals surface area contributed by atoms with E-state index < -0.39 is 12.3 Å². The summed E-state index contributed by atoms with van der Waals surface area (Å²) in [6.45, 7) is 14.9. The first-order valence-electron chi connectivity index (χ1n) is 11.9. The van der Waals surface area contributed by atoms with Gasteiger partial charge in [-0.3, -0.25) is 9.80 Å². The Morgan fingerprint density at radius 3 is 2.53 bits per heavy atom. The molecule has 0 N–H and O–H groups in total. The summed E-state index contributed by atoms with van der Waals surface area (Å²) in [6, 6.07) is 6.77. The summed E-state index contributed by atoms with van der Waals surface area (Å²) in [5, 5.41) is 0. The largest absolute Gasteiger partial charge is 0.467 e. The maximum atomic E-state index is 12.8. The highest BCUT2D eigenvalue weighted by Gasteiger charge is 2.42. The van der Waals surface area contributed by atoms with Crippen LogP contribution in [0.2, 0.25) is 0 Å². The highest BCUT2D eigenvalue weighted by atomic mass is 19.4. The van der Waals surface area contributed by atoms with Crippen molar-refractivity contribution in [3.63, 3.8) is 0 Å². The molecule has 0 saturated carbocycles. The minimum absolute atomic E-state index is 0.149. The molecular formula is C25H36F3N3O. The molecule has 1 aromatic rings. The van der Waals surface area contributed by atoms with Crippen molar-refractivity contribution in [1.29, 1.82) is 0 Å². The maximum Gasteiger partial charge on any atom is 0.425 e. The molecule has 1 atom stereocenters. The first kappa shape index (κ1) is 23.4. The van der Waals surface area contributed by atoms with Gasteiger partial charge in [-0.05, 0) is 74.4 Å². The normalized spacial score (nSPS) is 22.7. The van der Waals surface area contributed by atoms with Crippen molar-refractivity contribution in [1.82, 2.24) is 14.7 Å². The topological polar surface area (TPSA) is 19.0 Å². The lowest BCUT2D eigenvalue weighted by Crippen LogP contribution is -2.42. The lowest BCUT2D eigenvalue weighted by atomic mass is 9.78. The van der Waals surface area contributed by atoms with Gasteiger partial charge in [0, 0.05) is 39.3 Å². The molecule has 1 aromatic carbocycles. The number of ether oxygens (including phenoxy) is 1. The molecule has 3 aliphatic heterocycles. The quantitative estimate of drug-likeness (QED) is 0.579. The van der Waals surface area contributed by atoms with E-state index in [1.165, 1.54) is 16.7 Å². The van der Waals surface area contributed by atoms with Gasteiger partial charge in [0.25, 0.3) is 0 Å². The fourth-order valence-corrected chi connectivity index (χ4v) is 5.51. The Morgan fingerprint density at radius 2 is 1.84 bits per heavy atom. The predicted octanol–water partition coefficient (Wildman–Crippen LogP) is 4.79. The third kappa shape index (κ3) is 5.09. The van der Waals surface area contributed by atoms with Gasteiger partial charge in [-0.15, -0.1) is 0 Å². The van der Waals surface area contributed by atoms with Crippen LogP contribution in [0.15, 0.2) is 30.7 Å². The predicted molar refractivity (Wildman–Crippen MR) is 120 cm³/mol. The molecular weight excluding hydrogens is 415 g/mol. The molecule has 3 heterocycles. The SMILES string of the molecule is C=C(OC(C)C(F)(F)F)N1CCC2(CCN(Cc3cccc4c3CN(CC)CC4)C2)CC1. The van der Waals surface area contributed by atoms with E-state index in [-0.39, 0.29) is 11.3 Å². The van der Waals surface area contributed by atoms with E-state index in [4.69, 9.17) is 4.74 Å². The summed E-state index contributed by atoms with van der Waals surface area (Å²) in [6.07, 6.45) is -1.95. The number of benzene rings is 1. The van der Waals surface area contributed by atoms with Gasteiger partial charge in [0.15, 0.2) is 12.0 Å². The average molecular weight is 452 g/mol. The summed E-state index contributed by atoms with van der Waals surface area (Å²) in [4.78, 5) is 6.97. The number of alkyl halides is 3. The Hall–Kier alpha value is -1.73. The van der Waals surface area contributed by atoms with Crippen LogP contribution in [0.1, 0.15) is 49.8 Å². The third-order valence-corrected chi connectivity index (χ3v) is 7.76. The molecule has 2 saturated heterocycles. The zero-order chi connectivity index (χ0) is 22.9. The molecule has 1 spiro atoms. The number of piperidine rings is 1. The van der Waals surface area contributed by atoms with E-state index in [1.54, 1.807) is 0 Å². The Morgan fingerprint density at radius 1 is 1.12 bits per heavy atom. The van der Waals surface area contributed by atoms with Gasteiger partial charge in [0.05, 0.1) is 0 Å². The van der Waals surface area contributed by atoms with Gasteiger partial charge in [-0.1, -0.05) is 25.1 Å². The number of hydrogen-bond acceptors (Lipinski definition) is 4. The van der Waals surface area contributed by atoms with E-state index in [2.05, 4.69) is 41.5 Å². The number of rotatable bonds is 6. The molecule has 4 rings (SSSR count). The molecule has 0 radical (unpaired) electrons. The van der Waals surface area contributed by atoms with Crippen LogP contribution < -0.4 is 0 Å². The molecule has 0 aliphatic carbocycles. The van der Waals surface area contributed by atoms with Gasteiger partial charge >= 0.3 is 6.18 Å². The first-order valence-corrected chi connectivity index (χ1v) is 11.9. The molecule has 0 bridgehead atoms. The van der Waals surface area contributed by atoms with E-state index in [0.717, 1.165) is 71.9 Å². The van der Waals surface area contributed by atoms with Crippen LogP contribution in [0.4, 0.5) is 13.2 Å². The first-order chi connectivity index (χ1) is 15.2. The Kier molecular flexibility index (Phi) is 6.78. The molecule has 0 aromatic heterocycles. The lowest BCUT2D eigenvalue weighted by molar-refractivity contribution is -0.209. The van der Waals surface area contributed by atoms with E-state index in [1.807, 2.05) is 4.90 Å². The molecule has 7 heteroatoms. The number of nitrogens with zero attached hydrogens (tertiary/aromatic N) is 3. The van der Waals surface area contributed by atoms with Crippen LogP contribution in [0.3, 0.4) is 0 Å². The second-order valence-electron chi connectivity index (χ2n) is 9.82. The molecule has 3 aliphatic rings. The fourth-order valence-electron chi connectivity index (χ4n) is 5.51. The second-order valence-corrected chi connectivity index (χ2v) is 9.82. The van der Waals surface area contributed by atoms with Crippen LogP contribution >= 0.6 is 0 Å². The highest BCUT2D eigenvalue weighted by molar-refractivity contribution is 5.37. The van der Waals surface area contributed by atoms with Gasteiger partial charge in [-0.25, -0.2) is 0 Å². The summed E-state index contributed by atoms with van der Waals surface area (Å²) in [7, 11) is 0. The smallest absolute Gasteiger partial charge is 0.425 e. The van der Waals surface area contributed by atoms with Crippen molar-refractivity contribution < 1.29 is 17.9 Å². The molecule has 2 fully saturated rings. The fraction of sp³-hybridized carbons (Fsp3) is 0.680. The van der Waals surface area contributed by atoms with E-state index >= 15 is 0 Å². The number of likely N-dealkylation sites (N-methyl/N-ethyl adjacent to an activating group) is 1. The standard InChI is InChI=1S/C25H36F3N3O/c1-4-29-12-8-21-6-5-7-22(23(21)17-29)16-30-13-9-24(18-30)10-14-31(15-11-24)20(3)32-19(2)25(26,27)28/h5-7,19H,3-4,8-18H2,1-2H3. The van der Waals surface area contributed by atoms with Crippen molar-refractivity contribution in [2.75, 3.05) is 39.3 Å². The summed E-state index contributed by atoms with van der Waals surface area (Å²) in [5.74, 6) is 0.149. The zero-order valence-electron chi connectivity index (χ0n) is 19.4. The molecule has 178 valence electrons. The van der Waals surface area contributed by atoms with Crippen molar-refractivity contribution in [2.45, 2.75) is 64.9 Å².